The van der Waals surface area contributed by atoms with Gasteiger partial charge in [0.2, 0.25) is 0 Å². The molecule has 0 amide bonds. The molecule has 0 aromatic rings. The molecule has 0 aliphatic rings. The fraction of sp³-hybridized carbons (Fsp3) is 0.727. The summed E-state index contributed by atoms with van der Waals surface area (Å²) in [6.45, 7) is 11.8. The number of hydrogen-bond donors (Lipinski definition) is 2. The molecular weight excluding hydrogens is 178 g/mol. The first-order valence-corrected chi connectivity index (χ1v) is 4.51. The van der Waals surface area contributed by atoms with E-state index < -0.39 is 5.97 Å². The molecule has 0 aliphatic heterocycles. The van der Waals surface area contributed by atoms with E-state index in [0.29, 0.717) is 5.57 Å². The molecule has 0 aromatic carbocycles. The van der Waals surface area contributed by atoms with E-state index in [2.05, 4.69) is 0 Å². The Hall–Kier alpha value is -0.830. The van der Waals surface area contributed by atoms with Crippen molar-refractivity contribution >= 4 is 5.97 Å². The summed E-state index contributed by atoms with van der Waals surface area (Å²) in [4.78, 5) is 11.0. The van der Waals surface area contributed by atoms with E-state index in [1.807, 2.05) is 47.6 Å². The predicted molar refractivity (Wildman–Crippen MR) is 59.7 cm³/mol. The van der Waals surface area contributed by atoms with Gasteiger partial charge in [0.05, 0.1) is 0 Å². The second-order valence-electron chi connectivity index (χ2n) is 5.48. The van der Waals surface area contributed by atoms with Crippen LogP contribution in [0.2, 0.25) is 0 Å². The highest BCUT2D eigenvalue weighted by Gasteiger charge is 2.25. The molecule has 3 nitrogen and oxygen atoms in total. The fourth-order valence-corrected chi connectivity index (χ4v) is 1.03. The second-order valence-corrected chi connectivity index (χ2v) is 5.48. The maximum Gasteiger partial charge on any atom is 0.331 e. The summed E-state index contributed by atoms with van der Waals surface area (Å²) in [5.74, 6) is -0.817. The van der Waals surface area contributed by atoms with Crippen molar-refractivity contribution in [3.63, 3.8) is 0 Å². The molecule has 14 heavy (non-hydrogen) atoms. The lowest BCUT2D eigenvalue weighted by molar-refractivity contribution is -0.133. The Morgan fingerprint density at radius 3 is 1.50 bits per heavy atom. The minimum atomic E-state index is -0.817. The first-order valence-electron chi connectivity index (χ1n) is 4.51. The topological polar surface area (TPSA) is 72.3 Å². The van der Waals surface area contributed by atoms with Crippen molar-refractivity contribution in [2.24, 2.45) is 10.8 Å². The number of hydrogen-bond acceptors (Lipinski definition) is 2. The molecule has 0 aliphatic carbocycles. The Kier molecular flexibility index (Phi) is 5.14. The number of carbonyl (C=O) groups is 1. The monoisotopic (exact) mass is 201 g/mol. The average Bonchev–Trinajstić information content (AvgIpc) is 1.77. The van der Waals surface area contributed by atoms with E-state index in [9.17, 15) is 4.79 Å². The van der Waals surface area contributed by atoms with Gasteiger partial charge in [0.1, 0.15) is 0 Å². The molecule has 3 heteroatoms. The smallest absolute Gasteiger partial charge is 0.331 e. The summed E-state index contributed by atoms with van der Waals surface area (Å²) in [6.07, 6.45) is 1.83. The van der Waals surface area contributed by atoms with Crippen molar-refractivity contribution in [1.82, 2.24) is 6.15 Å². The Balaban J connectivity index is 0. The van der Waals surface area contributed by atoms with Gasteiger partial charge in [-0.3, -0.25) is 0 Å². The third-order valence-electron chi connectivity index (χ3n) is 1.62. The number of aliphatic carboxylic acids is 1. The molecule has 0 unspecified atom stereocenters. The highest BCUT2D eigenvalue weighted by atomic mass is 16.4. The van der Waals surface area contributed by atoms with E-state index in [1.165, 1.54) is 0 Å². The van der Waals surface area contributed by atoms with Gasteiger partial charge in [-0.15, -0.1) is 0 Å². The van der Waals surface area contributed by atoms with Gasteiger partial charge in [-0.25, -0.2) is 4.79 Å². The van der Waals surface area contributed by atoms with Gasteiger partial charge in [-0.2, -0.15) is 0 Å². The molecule has 0 saturated heterocycles. The van der Waals surface area contributed by atoms with E-state index >= 15 is 0 Å². The van der Waals surface area contributed by atoms with E-state index in [1.54, 1.807) is 0 Å². The fourth-order valence-electron chi connectivity index (χ4n) is 1.03. The van der Waals surface area contributed by atoms with Crippen molar-refractivity contribution in [1.29, 1.82) is 0 Å². The van der Waals surface area contributed by atoms with Crippen LogP contribution in [0.15, 0.2) is 11.6 Å². The van der Waals surface area contributed by atoms with Crippen molar-refractivity contribution < 1.29 is 9.90 Å². The van der Waals surface area contributed by atoms with E-state index in [4.69, 9.17) is 5.11 Å². The van der Waals surface area contributed by atoms with Crippen LogP contribution in [0, 0.1) is 10.8 Å². The third kappa shape index (κ3) is 5.75. The number of allylic oxidation sites excluding steroid dienone is 1. The van der Waals surface area contributed by atoms with E-state index in [0.717, 1.165) is 0 Å². The lowest BCUT2D eigenvalue weighted by Gasteiger charge is -2.23. The zero-order chi connectivity index (χ0) is 10.9. The molecule has 84 valence electrons. The SMILES string of the molecule is CC(C)(C)/C=C(/C(=O)O)C(C)(C)C.N. The Bertz CT molecular complexity index is 229. The minimum absolute atomic E-state index is 0. The van der Waals surface area contributed by atoms with Crippen LogP contribution in [0.4, 0.5) is 0 Å². The van der Waals surface area contributed by atoms with Crippen LogP contribution >= 0.6 is 0 Å². The summed E-state index contributed by atoms with van der Waals surface area (Å²) in [5.41, 5.74) is 0.111. The van der Waals surface area contributed by atoms with Gasteiger partial charge in [0.25, 0.3) is 0 Å². The van der Waals surface area contributed by atoms with Crippen LogP contribution < -0.4 is 6.15 Å². The largest absolute Gasteiger partial charge is 0.478 e. The first kappa shape index (κ1) is 15.6. The van der Waals surface area contributed by atoms with Crippen LogP contribution in [0.1, 0.15) is 41.5 Å². The zero-order valence-corrected chi connectivity index (χ0v) is 10.1. The molecule has 0 fully saturated rings. The second kappa shape index (κ2) is 4.60. The lowest BCUT2D eigenvalue weighted by Crippen LogP contribution is -2.20. The predicted octanol–water partition coefficient (Wildman–Crippen LogP) is 3.25. The van der Waals surface area contributed by atoms with Crippen LogP contribution in [0.3, 0.4) is 0 Å². The average molecular weight is 201 g/mol. The summed E-state index contributed by atoms with van der Waals surface area (Å²) >= 11 is 0. The molecule has 0 radical (unpaired) electrons. The normalized spacial score (nSPS) is 13.4. The molecule has 0 saturated carbocycles. The van der Waals surface area contributed by atoms with Crippen LogP contribution in [-0.4, -0.2) is 11.1 Å². The molecule has 0 rings (SSSR count). The molecule has 0 aromatic heterocycles. The molecule has 4 N–H and O–H groups in total. The number of carboxylic acid groups (broad SMARTS) is 1. The summed E-state index contributed by atoms with van der Waals surface area (Å²) in [5, 5.41) is 9.00. The lowest BCUT2D eigenvalue weighted by atomic mass is 9.81. The van der Waals surface area contributed by atoms with Crippen molar-refractivity contribution in [2.45, 2.75) is 41.5 Å². The Morgan fingerprint density at radius 2 is 1.43 bits per heavy atom. The number of rotatable bonds is 1. The highest BCUT2D eigenvalue weighted by molar-refractivity contribution is 5.88. The van der Waals surface area contributed by atoms with Crippen LogP contribution in [0.25, 0.3) is 0 Å². The van der Waals surface area contributed by atoms with Gasteiger partial charge < -0.3 is 11.3 Å². The molecule has 0 spiro atoms. The Morgan fingerprint density at radius 1 is 1.07 bits per heavy atom. The molecule has 0 bridgehead atoms. The maximum atomic E-state index is 11.0. The highest BCUT2D eigenvalue weighted by Crippen LogP contribution is 2.29. The molecule has 0 atom stereocenters. The zero-order valence-electron chi connectivity index (χ0n) is 10.1. The standard InChI is InChI=1S/C11H20O2.H3N/c1-10(2,3)7-8(9(12)13)11(4,5)6;/h7H,1-6H3,(H,12,13);1H3/b8-7-;. The number of carboxylic acids is 1. The maximum absolute atomic E-state index is 11.0. The molecular formula is C11H23NO2. The van der Waals surface area contributed by atoms with Crippen LogP contribution in [0.5, 0.6) is 0 Å². The Labute approximate surface area is 86.8 Å². The summed E-state index contributed by atoms with van der Waals surface area (Å²) in [7, 11) is 0. The van der Waals surface area contributed by atoms with Gasteiger partial charge in [-0.05, 0) is 10.8 Å². The van der Waals surface area contributed by atoms with Crippen molar-refractivity contribution in [3.05, 3.63) is 11.6 Å². The van der Waals surface area contributed by atoms with Gasteiger partial charge in [0.15, 0.2) is 0 Å². The van der Waals surface area contributed by atoms with Gasteiger partial charge in [-0.1, -0.05) is 47.6 Å². The third-order valence-corrected chi connectivity index (χ3v) is 1.62. The quantitative estimate of drug-likeness (QED) is 0.639. The summed E-state index contributed by atoms with van der Waals surface area (Å²) < 4.78 is 0. The van der Waals surface area contributed by atoms with Crippen LogP contribution in [-0.2, 0) is 4.79 Å². The summed E-state index contributed by atoms with van der Waals surface area (Å²) in [6, 6.07) is 0. The van der Waals surface area contributed by atoms with Crippen molar-refractivity contribution in [3.8, 4) is 0 Å². The first-order chi connectivity index (χ1) is 5.54. The minimum Gasteiger partial charge on any atom is -0.478 e. The van der Waals surface area contributed by atoms with Gasteiger partial charge in [0, 0.05) is 5.57 Å². The molecule has 0 heterocycles. The van der Waals surface area contributed by atoms with Crippen molar-refractivity contribution in [2.75, 3.05) is 0 Å². The van der Waals surface area contributed by atoms with Gasteiger partial charge >= 0.3 is 5.97 Å². The van der Waals surface area contributed by atoms with E-state index in [-0.39, 0.29) is 17.0 Å².